The second-order valence-corrected chi connectivity index (χ2v) is 2.74. The largest absolute Gasteiger partial charge is 0.323 e. The van der Waals surface area contributed by atoms with Gasteiger partial charge < -0.3 is 10.9 Å². The van der Waals surface area contributed by atoms with Gasteiger partial charge in [-0.2, -0.15) is 0 Å². The molecular weight excluding hydrogens is 180 g/mol. The fourth-order valence-electron chi connectivity index (χ4n) is 1.27. The van der Waals surface area contributed by atoms with E-state index < -0.39 is 0 Å². The maximum absolute atomic E-state index is 5.37. The van der Waals surface area contributed by atoms with Crippen LogP contribution in [-0.2, 0) is 0 Å². The lowest BCUT2D eigenvalue weighted by Crippen LogP contribution is -2.12. The van der Waals surface area contributed by atoms with Crippen molar-refractivity contribution in [2.45, 2.75) is 0 Å². The number of rotatable bonds is 2. The molecule has 2 aromatic rings. The van der Waals surface area contributed by atoms with Crippen molar-refractivity contribution in [3.63, 3.8) is 0 Å². The number of hydrogen-bond donors (Lipinski definition) is 4. The first-order chi connectivity index (χ1) is 6.85. The Morgan fingerprint density at radius 3 is 2.79 bits per heavy atom. The monoisotopic (exact) mass is 190 g/mol. The summed E-state index contributed by atoms with van der Waals surface area (Å²) in [6.07, 6.45) is 3.33. The van der Waals surface area contributed by atoms with Gasteiger partial charge in [-0.15, -0.1) is 0 Å². The van der Waals surface area contributed by atoms with Gasteiger partial charge in [0.05, 0.1) is 17.4 Å². The van der Waals surface area contributed by atoms with Crippen LogP contribution in [0.1, 0.15) is 0 Å². The van der Waals surface area contributed by atoms with Gasteiger partial charge in [-0.25, -0.2) is 10.8 Å². The third-order valence-corrected chi connectivity index (χ3v) is 1.92. The normalized spacial score (nSPS) is 10.1. The van der Waals surface area contributed by atoms with E-state index in [0.29, 0.717) is 5.82 Å². The molecule has 0 saturated heterocycles. The van der Waals surface area contributed by atoms with Crippen LogP contribution in [-0.4, -0.2) is 9.97 Å². The zero-order valence-electron chi connectivity index (χ0n) is 7.36. The molecule has 0 bridgehead atoms. The third kappa shape index (κ3) is 1.32. The molecule has 0 aliphatic rings. The van der Waals surface area contributed by atoms with Gasteiger partial charge in [0.1, 0.15) is 5.82 Å². The van der Waals surface area contributed by atoms with E-state index in [9.17, 15) is 0 Å². The van der Waals surface area contributed by atoms with Crippen molar-refractivity contribution in [3.8, 4) is 0 Å². The Balaban J connectivity index is 2.73. The van der Waals surface area contributed by atoms with Crippen LogP contribution < -0.4 is 22.5 Å². The summed E-state index contributed by atoms with van der Waals surface area (Å²) >= 11 is 0. The molecule has 0 unspecified atom stereocenters. The van der Waals surface area contributed by atoms with Crippen LogP contribution in [0.15, 0.2) is 24.5 Å². The number of nitrogens with two attached hydrogens (primary N) is 2. The fraction of sp³-hybridized carbons (Fsp3) is 0. The van der Waals surface area contributed by atoms with Gasteiger partial charge in [-0.1, -0.05) is 0 Å². The summed E-state index contributed by atoms with van der Waals surface area (Å²) < 4.78 is 0. The molecule has 0 aliphatic heterocycles. The Kier molecular flexibility index (Phi) is 2.13. The SMILES string of the molecule is NNc1cc(NN)c2ccncc2n1. The molecule has 2 aromatic heterocycles. The van der Waals surface area contributed by atoms with Crippen LogP contribution in [0.2, 0.25) is 0 Å². The van der Waals surface area contributed by atoms with Crippen molar-refractivity contribution in [2.75, 3.05) is 10.9 Å². The molecule has 2 rings (SSSR count). The summed E-state index contributed by atoms with van der Waals surface area (Å²) in [6.45, 7) is 0. The molecule has 0 aliphatic carbocycles. The first-order valence-electron chi connectivity index (χ1n) is 4.03. The minimum absolute atomic E-state index is 0.540. The molecule has 0 radical (unpaired) electrons. The molecule has 6 N–H and O–H groups in total. The van der Waals surface area contributed by atoms with Crippen molar-refractivity contribution in [3.05, 3.63) is 24.5 Å². The van der Waals surface area contributed by atoms with E-state index in [2.05, 4.69) is 20.8 Å². The Bertz CT molecular complexity index is 455. The second kappa shape index (κ2) is 3.44. The standard InChI is InChI=1S/C8H10N6/c9-13-6-3-8(14-10)12-7-4-11-2-1-5(6)7/h1-4H,9-10H2,(H2,12,13,14). The Morgan fingerprint density at radius 2 is 2.07 bits per heavy atom. The van der Waals surface area contributed by atoms with Gasteiger partial charge in [0.25, 0.3) is 0 Å². The molecular formula is C8H10N6. The van der Waals surface area contributed by atoms with E-state index in [1.807, 2.05) is 6.07 Å². The van der Waals surface area contributed by atoms with Crippen LogP contribution in [0.4, 0.5) is 11.5 Å². The van der Waals surface area contributed by atoms with Crippen LogP contribution in [0, 0.1) is 0 Å². The lowest BCUT2D eigenvalue weighted by atomic mass is 10.2. The molecule has 72 valence electrons. The first-order valence-corrected chi connectivity index (χ1v) is 4.03. The lowest BCUT2D eigenvalue weighted by Gasteiger charge is -2.07. The fourth-order valence-corrected chi connectivity index (χ4v) is 1.27. The van der Waals surface area contributed by atoms with Gasteiger partial charge in [-0.05, 0) is 6.07 Å². The number of fused-ring (bicyclic) bond motifs is 1. The number of pyridine rings is 2. The number of nitrogens with zero attached hydrogens (tertiary/aromatic N) is 2. The first kappa shape index (κ1) is 8.67. The number of nitrogen functional groups attached to an aromatic ring is 2. The van der Waals surface area contributed by atoms with Gasteiger partial charge in [0.2, 0.25) is 0 Å². The van der Waals surface area contributed by atoms with E-state index in [1.165, 1.54) is 0 Å². The predicted octanol–water partition coefficient (Wildman–Crippen LogP) is 0.201. The highest BCUT2D eigenvalue weighted by Crippen LogP contribution is 2.22. The lowest BCUT2D eigenvalue weighted by molar-refractivity contribution is 1.24. The zero-order valence-corrected chi connectivity index (χ0v) is 7.36. The van der Waals surface area contributed by atoms with Crippen LogP contribution in [0.5, 0.6) is 0 Å². The number of aromatic nitrogens is 2. The van der Waals surface area contributed by atoms with Crippen molar-refractivity contribution >= 4 is 22.4 Å². The van der Waals surface area contributed by atoms with Gasteiger partial charge in [0.15, 0.2) is 0 Å². The quantitative estimate of drug-likeness (QED) is 0.398. The van der Waals surface area contributed by atoms with Crippen molar-refractivity contribution in [2.24, 2.45) is 11.7 Å². The molecule has 2 heterocycles. The smallest absolute Gasteiger partial charge is 0.142 e. The molecule has 0 spiro atoms. The average Bonchev–Trinajstić information content (AvgIpc) is 2.27. The number of hydrazine groups is 2. The summed E-state index contributed by atoms with van der Waals surface area (Å²) in [4.78, 5) is 8.17. The second-order valence-electron chi connectivity index (χ2n) is 2.74. The minimum Gasteiger partial charge on any atom is -0.323 e. The van der Waals surface area contributed by atoms with E-state index in [-0.39, 0.29) is 0 Å². The molecule has 0 fully saturated rings. The Hall–Kier alpha value is -1.92. The molecule has 0 amide bonds. The average molecular weight is 190 g/mol. The Morgan fingerprint density at radius 1 is 1.21 bits per heavy atom. The maximum atomic E-state index is 5.37. The highest BCUT2D eigenvalue weighted by atomic mass is 15.3. The van der Waals surface area contributed by atoms with Gasteiger partial charge >= 0.3 is 0 Å². The topological polar surface area (TPSA) is 102 Å². The molecule has 14 heavy (non-hydrogen) atoms. The summed E-state index contributed by atoms with van der Waals surface area (Å²) in [6, 6.07) is 3.56. The number of hydrogen-bond acceptors (Lipinski definition) is 6. The van der Waals surface area contributed by atoms with E-state index in [0.717, 1.165) is 16.6 Å². The highest BCUT2D eigenvalue weighted by Gasteiger charge is 2.03. The number of anilines is 2. The van der Waals surface area contributed by atoms with Crippen LogP contribution >= 0.6 is 0 Å². The zero-order chi connectivity index (χ0) is 9.97. The third-order valence-electron chi connectivity index (χ3n) is 1.92. The van der Waals surface area contributed by atoms with Gasteiger partial charge in [-0.3, -0.25) is 10.8 Å². The minimum atomic E-state index is 0.540. The summed E-state index contributed by atoms with van der Waals surface area (Å²) in [5.41, 5.74) is 6.53. The molecule has 0 atom stereocenters. The molecule has 6 heteroatoms. The molecule has 0 aromatic carbocycles. The van der Waals surface area contributed by atoms with Crippen molar-refractivity contribution in [1.29, 1.82) is 0 Å². The number of nitrogens with one attached hydrogen (secondary N) is 2. The van der Waals surface area contributed by atoms with E-state index in [1.54, 1.807) is 18.5 Å². The summed E-state index contributed by atoms with van der Waals surface area (Å²) in [7, 11) is 0. The molecule has 6 nitrogen and oxygen atoms in total. The van der Waals surface area contributed by atoms with E-state index in [4.69, 9.17) is 11.7 Å². The Labute approximate surface area is 80.3 Å². The maximum Gasteiger partial charge on any atom is 0.142 e. The summed E-state index contributed by atoms with van der Waals surface area (Å²) in [5, 5.41) is 0.904. The predicted molar refractivity (Wildman–Crippen MR) is 55.2 cm³/mol. The highest BCUT2D eigenvalue weighted by molar-refractivity contribution is 5.92. The van der Waals surface area contributed by atoms with Gasteiger partial charge in [0, 0.05) is 17.6 Å². The molecule has 0 saturated carbocycles. The van der Waals surface area contributed by atoms with Crippen molar-refractivity contribution < 1.29 is 0 Å². The van der Waals surface area contributed by atoms with Crippen LogP contribution in [0.25, 0.3) is 10.9 Å². The van der Waals surface area contributed by atoms with Crippen molar-refractivity contribution in [1.82, 2.24) is 9.97 Å². The van der Waals surface area contributed by atoms with Crippen LogP contribution in [0.3, 0.4) is 0 Å². The van der Waals surface area contributed by atoms with E-state index >= 15 is 0 Å². The summed E-state index contributed by atoms with van der Waals surface area (Å²) in [5.74, 6) is 11.2.